The lowest BCUT2D eigenvalue weighted by molar-refractivity contribution is -0.0188. The van der Waals surface area contributed by atoms with Crippen LogP contribution < -0.4 is 0 Å². The van der Waals surface area contributed by atoms with Crippen LogP contribution in [-0.2, 0) is 23.5 Å². The number of rotatable bonds is 4. The first-order chi connectivity index (χ1) is 11.4. The van der Waals surface area contributed by atoms with Crippen LogP contribution in [0.4, 0.5) is 4.79 Å². The van der Waals surface area contributed by atoms with Crippen molar-refractivity contribution in [1.29, 1.82) is 0 Å². The summed E-state index contributed by atoms with van der Waals surface area (Å²) in [6, 6.07) is 0. The molecular formula is C17H35NO6SSi. The van der Waals surface area contributed by atoms with Gasteiger partial charge in [-0.05, 0) is 38.9 Å². The third-order valence-electron chi connectivity index (χ3n) is 4.60. The van der Waals surface area contributed by atoms with Gasteiger partial charge in [0.05, 0.1) is 25.0 Å². The summed E-state index contributed by atoms with van der Waals surface area (Å²) in [5, 5.41) is 0.00832. The van der Waals surface area contributed by atoms with Gasteiger partial charge in [0, 0.05) is 13.0 Å². The molecule has 0 N–H and O–H groups in total. The molecule has 0 spiro atoms. The zero-order valence-electron chi connectivity index (χ0n) is 17.6. The van der Waals surface area contributed by atoms with Gasteiger partial charge in [0.25, 0.3) is 10.1 Å². The van der Waals surface area contributed by atoms with E-state index in [4.69, 9.17) is 13.3 Å². The lowest BCUT2D eigenvalue weighted by atomic mass is 10.1. The summed E-state index contributed by atoms with van der Waals surface area (Å²) in [6.07, 6.45) is 0.0372. The molecule has 26 heavy (non-hydrogen) atoms. The Hall–Kier alpha value is -0.643. The Balaban J connectivity index is 2.98. The molecule has 7 nitrogen and oxygen atoms in total. The van der Waals surface area contributed by atoms with Crippen LogP contribution in [0.15, 0.2) is 0 Å². The number of amides is 1. The molecule has 2 unspecified atom stereocenters. The van der Waals surface area contributed by atoms with E-state index in [1.54, 1.807) is 20.8 Å². The summed E-state index contributed by atoms with van der Waals surface area (Å²) in [4.78, 5) is 14.0. The highest BCUT2D eigenvalue weighted by Gasteiger charge is 2.42. The molecule has 1 heterocycles. The Bertz CT molecular complexity index is 606. The van der Waals surface area contributed by atoms with Gasteiger partial charge in [-0.25, -0.2) is 4.79 Å². The van der Waals surface area contributed by atoms with Crippen molar-refractivity contribution >= 4 is 24.5 Å². The fourth-order valence-electron chi connectivity index (χ4n) is 2.48. The maximum Gasteiger partial charge on any atom is 0.410 e. The molecule has 1 amide bonds. The summed E-state index contributed by atoms with van der Waals surface area (Å²) in [7, 11) is -5.70. The molecule has 1 fully saturated rings. The van der Waals surface area contributed by atoms with Crippen molar-refractivity contribution in [1.82, 2.24) is 4.90 Å². The fraction of sp³-hybridized carbons (Fsp3) is 0.941. The number of carbonyl (C=O) groups excluding carboxylic acids is 1. The maximum absolute atomic E-state index is 12.5. The summed E-state index contributed by atoms with van der Waals surface area (Å²) in [5.74, 6) is 0. The van der Waals surface area contributed by atoms with Crippen LogP contribution in [0.5, 0.6) is 0 Å². The van der Waals surface area contributed by atoms with E-state index < -0.39 is 36.2 Å². The SMILES string of the molecule is CC(C)(C)OC(=O)N1CC(O[Si](C)(C)C(C)(C)C)CC(OS(C)(=O)=O)C1. The van der Waals surface area contributed by atoms with Crippen LogP contribution in [0.3, 0.4) is 0 Å². The first-order valence-corrected chi connectivity index (χ1v) is 13.7. The minimum atomic E-state index is -3.63. The van der Waals surface area contributed by atoms with E-state index in [1.165, 1.54) is 4.90 Å². The van der Waals surface area contributed by atoms with Crippen molar-refractivity contribution in [3.63, 3.8) is 0 Å². The molecule has 1 rings (SSSR count). The van der Waals surface area contributed by atoms with Crippen molar-refractivity contribution in [2.75, 3.05) is 19.3 Å². The highest BCUT2D eigenvalue weighted by Crippen LogP contribution is 2.38. The predicted molar refractivity (Wildman–Crippen MR) is 104 cm³/mol. The van der Waals surface area contributed by atoms with E-state index in [0.717, 1.165) is 6.26 Å². The molecule has 0 saturated carbocycles. The second kappa shape index (κ2) is 7.77. The van der Waals surface area contributed by atoms with Gasteiger partial charge in [-0.2, -0.15) is 8.42 Å². The number of likely N-dealkylation sites (tertiary alicyclic amines) is 1. The average Bonchev–Trinajstić information content (AvgIpc) is 2.31. The Morgan fingerprint density at radius 1 is 1.04 bits per heavy atom. The van der Waals surface area contributed by atoms with E-state index in [0.29, 0.717) is 13.0 Å². The van der Waals surface area contributed by atoms with Crippen molar-refractivity contribution in [2.24, 2.45) is 0 Å². The minimum absolute atomic E-state index is 0.00832. The zero-order valence-corrected chi connectivity index (χ0v) is 19.4. The van der Waals surface area contributed by atoms with Crippen LogP contribution in [-0.4, -0.2) is 64.9 Å². The van der Waals surface area contributed by atoms with Crippen molar-refractivity contribution in [3.8, 4) is 0 Å². The predicted octanol–water partition coefficient (Wildman–Crippen LogP) is 3.36. The van der Waals surface area contributed by atoms with Crippen molar-refractivity contribution in [2.45, 2.75) is 83.9 Å². The topological polar surface area (TPSA) is 82.1 Å². The molecule has 0 bridgehead atoms. The Labute approximate surface area is 159 Å². The molecule has 0 aliphatic carbocycles. The molecule has 0 aromatic rings. The highest BCUT2D eigenvalue weighted by molar-refractivity contribution is 7.86. The average molecular weight is 410 g/mol. The number of ether oxygens (including phenoxy) is 1. The number of nitrogens with zero attached hydrogens (tertiary/aromatic N) is 1. The zero-order chi connectivity index (χ0) is 20.6. The molecule has 1 saturated heterocycles. The minimum Gasteiger partial charge on any atom is -0.444 e. The number of piperidine rings is 1. The third-order valence-corrected chi connectivity index (χ3v) is 9.76. The van der Waals surface area contributed by atoms with Crippen LogP contribution in [0.2, 0.25) is 18.1 Å². The highest BCUT2D eigenvalue weighted by atomic mass is 32.2. The summed E-state index contributed by atoms with van der Waals surface area (Å²) >= 11 is 0. The molecule has 9 heteroatoms. The van der Waals surface area contributed by atoms with E-state index in [9.17, 15) is 13.2 Å². The van der Waals surface area contributed by atoms with Crippen LogP contribution >= 0.6 is 0 Å². The van der Waals surface area contributed by atoms with Gasteiger partial charge in [0.2, 0.25) is 0 Å². The Morgan fingerprint density at radius 3 is 1.96 bits per heavy atom. The number of hydrogen-bond acceptors (Lipinski definition) is 6. The summed E-state index contributed by atoms with van der Waals surface area (Å²) in [5.41, 5.74) is -0.627. The monoisotopic (exact) mass is 409 g/mol. The Kier molecular flexibility index (Phi) is 6.99. The Morgan fingerprint density at radius 2 is 1.54 bits per heavy atom. The van der Waals surface area contributed by atoms with Gasteiger partial charge in [-0.1, -0.05) is 20.8 Å². The van der Waals surface area contributed by atoms with E-state index in [1.807, 2.05) is 0 Å². The first kappa shape index (κ1) is 23.4. The second-order valence-electron chi connectivity index (χ2n) is 9.54. The second-order valence-corrected chi connectivity index (χ2v) is 15.9. The van der Waals surface area contributed by atoms with Crippen molar-refractivity contribution in [3.05, 3.63) is 0 Å². The lowest BCUT2D eigenvalue weighted by Gasteiger charge is -2.44. The standard InChI is InChI=1S/C17H35NO6SSi/c1-16(2,3)22-15(19)18-11-13(23-25(7,20)21)10-14(12-18)24-26(8,9)17(4,5)6/h13-14H,10-12H2,1-9H3. The molecule has 1 aliphatic heterocycles. The maximum atomic E-state index is 12.5. The smallest absolute Gasteiger partial charge is 0.410 e. The molecule has 0 aromatic carbocycles. The van der Waals surface area contributed by atoms with Crippen LogP contribution in [0, 0.1) is 0 Å². The van der Waals surface area contributed by atoms with Gasteiger partial charge in [0.15, 0.2) is 8.32 Å². The van der Waals surface area contributed by atoms with Gasteiger partial charge in [0.1, 0.15) is 5.60 Å². The lowest BCUT2D eigenvalue weighted by Crippen LogP contribution is -2.55. The molecule has 154 valence electrons. The number of carbonyl (C=O) groups is 1. The first-order valence-electron chi connectivity index (χ1n) is 8.94. The molecule has 2 atom stereocenters. The van der Waals surface area contributed by atoms with E-state index in [-0.39, 0.29) is 17.7 Å². The molecular weight excluding hydrogens is 374 g/mol. The fourth-order valence-corrected chi connectivity index (χ4v) is 4.47. The van der Waals surface area contributed by atoms with Crippen LogP contribution in [0.25, 0.3) is 0 Å². The van der Waals surface area contributed by atoms with Crippen LogP contribution in [0.1, 0.15) is 48.0 Å². The van der Waals surface area contributed by atoms with Gasteiger partial charge < -0.3 is 14.1 Å². The largest absolute Gasteiger partial charge is 0.444 e. The van der Waals surface area contributed by atoms with Gasteiger partial charge in [-0.3, -0.25) is 4.18 Å². The quantitative estimate of drug-likeness (QED) is 0.523. The third kappa shape index (κ3) is 7.54. The molecule has 0 aromatic heterocycles. The van der Waals surface area contributed by atoms with Crippen molar-refractivity contribution < 1.29 is 26.6 Å². The van der Waals surface area contributed by atoms with E-state index >= 15 is 0 Å². The summed E-state index contributed by atoms with van der Waals surface area (Å²) in [6.45, 7) is 16.6. The van der Waals surface area contributed by atoms with Gasteiger partial charge >= 0.3 is 6.09 Å². The summed E-state index contributed by atoms with van der Waals surface area (Å²) < 4.78 is 40.2. The molecule has 1 aliphatic rings. The normalized spacial score (nSPS) is 23.0. The van der Waals surface area contributed by atoms with E-state index in [2.05, 4.69) is 33.9 Å². The van der Waals surface area contributed by atoms with Gasteiger partial charge in [-0.15, -0.1) is 0 Å². The number of hydrogen-bond donors (Lipinski definition) is 0. The molecule has 0 radical (unpaired) electrons.